The zero-order valence-corrected chi connectivity index (χ0v) is 12.1. The fourth-order valence-electron chi connectivity index (χ4n) is 3.68. The van der Waals surface area contributed by atoms with Gasteiger partial charge >= 0.3 is 5.97 Å². The van der Waals surface area contributed by atoms with Crippen LogP contribution in [0, 0.1) is 11.8 Å². The third-order valence-electron chi connectivity index (χ3n) is 4.87. The number of carboxylic acids is 1. The highest BCUT2D eigenvalue weighted by Gasteiger charge is 2.34. The Morgan fingerprint density at radius 3 is 2.81 bits per heavy atom. The van der Waals surface area contributed by atoms with Crippen LogP contribution in [0.3, 0.4) is 0 Å². The number of nitrogens with zero attached hydrogens (tertiary/aromatic N) is 1. The fraction of sp³-hybridized carbons (Fsp3) is 0.529. The molecular weight excluding hydrogens is 266 g/mol. The molecule has 2 unspecified atom stereocenters. The van der Waals surface area contributed by atoms with Gasteiger partial charge in [0.15, 0.2) is 0 Å². The van der Waals surface area contributed by atoms with E-state index in [4.69, 9.17) is 0 Å². The topological polar surface area (TPSA) is 57.6 Å². The van der Waals surface area contributed by atoms with Gasteiger partial charge in [-0.1, -0.05) is 31.0 Å². The van der Waals surface area contributed by atoms with Crippen molar-refractivity contribution in [2.45, 2.75) is 32.1 Å². The molecule has 4 heteroatoms. The molecule has 1 aliphatic heterocycles. The lowest BCUT2D eigenvalue weighted by molar-refractivity contribution is -0.145. The van der Waals surface area contributed by atoms with Crippen molar-refractivity contribution in [1.82, 2.24) is 4.90 Å². The molecule has 2 atom stereocenters. The summed E-state index contributed by atoms with van der Waals surface area (Å²) in [4.78, 5) is 25.8. The molecular formula is C17H21NO3. The van der Waals surface area contributed by atoms with E-state index in [1.807, 2.05) is 29.2 Å². The lowest BCUT2D eigenvalue weighted by Crippen LogP contribution is -2.43. The third-order valence-corrected chi connectivity index (χ3v) is 4.87. The summed E-state index contributed by atoms with van der Waals surface area (Å²) in [5.41, 5.74) is 1.89. The van der Waals surface area contributed by atoms with E-state index in [2.05, 4.69) is 0 Å². The van der Waals surface area contributed by atoms with Crippen LogP contribution in [-0.2, 0) is 11.2 Å². The van der Waals surface area contributed by atoms with Gasteiger partial charge in [-0.05, 0) is 36.8 Å². The van der Waals surface area contributed by atoms with Crippen molar-refractivity contribution >= 4 is 11.9 Å². The maximum absolute atomic E-state index is 12.5. The number of amides is 1. The molecule has 21 heavy (non-hydrogen) atoms. The summed E-state index contributed by atoms with van der Waals surface area (Å²) in [7, 11) is 0. The number of aliphatic carboxylic acids is 1. The number of carbonyl (C=O) groups is 2. The molecule has 2 aliphatic rings. The van der Waals surface area contributed by atoms with Crippen LogP contribution in [0.25, 0.3) is 0 Å². The minimum absolute atomic E-state index is 0.0616. The van der Waals surface area contributed by atoms with Gasteiger partial charge in [0.05, 0.1) is 5.92 Å². The van der Waals surface area contributed by atoms with Crippen molar-refractivity contribution in [2.75, 3.05) is 13.1 Å². The van der Waals surface area contributed by atoms with Crippen molar-refractivity contribution in [3.8, 4) is 0 Å². The Hall–Kier alpha value is -1.84. The van der Waals surface area contributed by atoms with Gasteiger partial charge in [-0.2, -0.15) is 0 Å². The smallest absolute Gasteiger partial charge is 0.306 e. The average molecular weight is 287 g/mol. The van der Waals surface area contributed by atoms with Crippen LogP contribution in [-0.4, -0.2) is 35.0 Å². The number of hydrogen-bond donors (Lipinski definition) is 1. The second-order valence-corrected chi connectivity index (χ2v) is 6.15. The van der Waals surface area contributed by atoms with E-state index in [1.54, 1.807) is 0 Å². The first kappa shape index (κ1) is 14.1. The highest BCUT2D eigenvalue weighted by Crippen LogP contribution is 2.32. The number of hydrogen-bond acceptors (Lipinski definition) is 2. The van der Waals surface area contributed by atoms with Crippen molar-refractivity contribution < 1.29 is 14.7 Å². The first-order valence-corrected chi connectivity index (χ1v) is 7.77. The van der Waals surface area contributed by atoms with E-state index in [0.717, 1.165) is 43.2 Å². The third kappa shape index (κ3) is 2.80. The number of benzene rings is 1. The fourth-order valence-corrected chi connectivity index (χ4v) is 3.68. The molecule has 3 rings (SSSR count). The van der Waals surface area contributed by atoms with Crippen molar-refractivity contribution in [1.29, 1.82) is 0 Å². The summed E-state index contributed by atoms with van der Waals surface area (Å²) in [6.07, 6.45) is 4.60. The van der Waals surface area contributed by atoms with E-state index in [1.165, 1.54) is 0 Å². The average Bonchev–Trinajstić information content (AvgIpc) is 2.51. The van der Waals surface area contributed by atoms with Crippen LogP contribution in [0.4, 0.5) is 0 Å². The van der Waals surface area contributed by atoms with Gasteiger partial charge in [-0.15, -0.1) is 0 Å². The predicted molar refractivity (Wildman–Crippen MR) is 79.1 cm³/mol. The van der Waals surface area contributed by atoms with E-state index >= 15 is 0 Å². The predicted octanol–water partition coefficient (Wildman–Crippen LogP) is 2.58. The first-order chi connectivity index (χ1) is 10.2. The van der Waals surface area contributed by atoms with Crippen LogP contribution < -0.4 is 0 Å². The number of rotatable bonds is 3. The Morgan fingerprint density at radius 1 is 1.24 bits per heavy atom. The second kappa shape index (κ2) is 5.88. The zero-order valence-electron chi connectivity index (χ0n) is 12.1. The lowest BCUT2D eigenvalue weighted by atomic mass is 9.78. The molecule has 0 bridgehead atoms. The Bertz CT molecular complexity index is 555. The van der Waals surface area contributed by atoms with Gasteiger partial charge in [-0.25, -0.2) is 0 Å². The lowest BCUT2D eigenvalue weighted by Gasteiger charge is -2.35. The molecule has 4 nitrogen and oxygen atoms in total. The van der Waals surface area contributed by atoms with Crippen LogP contribution in [0.5, 0.6) is 0 Å². The Labute approximate surface area is 124 Å². The van der Waals surface area contributed by atoms with Gasteiger partial charge in [0.1, 0.15) is 0 Å². The largest absolute Gasteiger partial charge is 0.481 e. The number of carbonyl (C=O) groups excluding carboxylic acids is 1. The summed E-state index contributed by atoms with van der Waals surface area (Å²) in [6, 6.07) is 7.73. The van der Waals surface area contributed by atoms with Gasteiger partial charge < -0.3 is 10.0 Å². The molecule has 1 aromatic rings. The summed E-state index contributed by atoms with van der Waals surface area (Å²) in [6.45, 7) is 1.29. The SMILES string of the molecule is O=C(O)C1CCCCC1CN1CCc2ccccc2C1=O. The summed E-state index contributed by atoms with van der Waals surface area (Å²) in [5, 5.41) is 9.36. The normalized spacial score (nSPS) is 25.5. The molecule has 1 aliphatic carbocycles. The molecule has 1 saturated carbocycles. The Balaban J connectivity index is 1.73. The van der Waals surface area contributed by atoms with E-state index in [-0.39, 0.29) is 17.7 Å². The molecule has 0 saturated heterocycles. The zero-order chi connectivity index (χ0) is 14.8. The number of carboxylic acid groups (broad SMARTS) is 1. The van der Waals surface area contributed by atoms with Crippen molar-refractivity contribution in [3.63, 3.8) is 0 Å². The maximum atomic E-state index is 12.5. The molecule has 0 radical (unpaired) electrons. The Kier molecular flexibility index (Phi) is 3.95. The monoisotopic (exact) mass is 287 g/mol. The molecule has 112 valence electrons. The summed E-state index contributed by atoms with van der Waals surface area (Å²) < 4.78 is 0. The molecule has 0 aromatic heterocycles. The molecule has 1 aromatic carbocycles. The standard InChI is InChI=1S/C17H21NO3/c19-16-14-7-3-1-5-12(14)9-10-18(16)11-13-6-2-4-8-15(13)17(20)21/h1,3,5,7,13,15H,2,4,6,8-11H2,(H,20,21). The second-order valence-electron chi connectivity index (χ2n) is 6.15. The molecule has 1 fully saturated rings. The van der Waals surface area contributed by atoms with Gasteiger partial charge in [0.2, 0.25) is 0 Å². The molecule has 1 amide bonds. The van der Waals surface area contributed by atoms with Crippen LogP contribution in [0.2, 0.25) is 0 Å². The quantitative estimate of drug-likeness (QED) is 0.929. The van der Waals surface area contributed by atoms with Crippen LogP contribution in [0.1, 0.15) is 41.6 Å². The van der Waals surface area contributed by atoms with E-state index < -0.39 is 5.97 Å². The minimum atomic E-state index is -0.704. The highest BCUT2D eigenvalue weighted by atomic mass is 16.4. The van der Waals surface area contributed by atoms with Crippen molar-refractivity contribution in [3.05, 3.63) is 35.4 Å². The highest BCUT2D eigenvalue weighted by molar-refractivity contribution is 5.96. The van der Waals surface area contributed by atoms with Gasteiger partial charge in [0, 0.05) is 18.7 Å². The minimum Gasteiger partial charge on any atom is -0.481 e. The van der Waals surface area contributed by atoms with Gasteiger partial charge in [0.25, 0.3) is 5.91 Å². The first-order valence-electron chi connectivity index (χ1n) is 7.77. The molecule has 1 N–H and O–H groups in total. The summed E-state index contributed by atoms with van der Waals surface area (Å²) >= 11 is 0. The molecule has 1 heterocycles. The van der Waals surface area contributed by atoms with Crippen molar-refractivity contribution in [2.24, 2.45) is 11.8 Å². The Morgan fingerprint density at radius 2 is 2.00 bits per heavy atom. The van der Waals surface area contributed by atoms with E-state index in [9.17, 15) is 14.7 Å². The molecule has 0 spiro atoms. The van der Waals surface area contributed by atoms with E-state index in [0.29, 0.717) is 13.1 Å². The van der Waals surface area contributed by atoms with Gasteiger partial charge in [-0.3, -0.25) is 9.59 Å². The maximum Gasteiger partial charge on any atom is 0.306 e. The van der Waals surface area contributed by atoms with Crippen LogP contribution in [0.15, 0.2) is 24.3 Å². The van der Waals surface area contributed by atoms with Crippen LogP contribution >= 0.6 is 0 Å². The summed E-state index contributed by atoms with van der Waals surface area (Å²) in [5.74, 6) is -0.828. The number of fused-ring (bicyclic) bond motifs is 1.